The number of nitrogen functional groups attached to an aromatic ring is 1. The summed E-state index contributed by atoms with van der Waals surface area (Å²) in [6, 6.07) is 16.3. The number of aryl methyl sites for hydroxylation is 2. The van der Waals surface area contributed by atoms with Crippen LogP contribution in [-0.4, -0.2) is 41.1 Å². The van der Waals surface area contributed by atoms with Crippen LogP contribution < -0.4 is 20.3 Å². The van der Waals surface area contributed by atoms with Crippen LogP contribution in [0.2, 0.25) is 0 Å². The summed E-state index contributed by atoms with van der Waals surface area (Å²) in [4.78, 5) is 18.1. The standard InChI is InChI=1S/C26H28N6O/c1-17-6-4-8-21(19(17)3)31-12-14-32(15-13-31)25-23(27)26(29-16-28-25)33-22-9-5-7-20-11-10-18(2)30-24(20)22/h4-11,16H,12-15,27H2,1-3H3. The minimum absolute atomic E-state index is 0.354. The molecule has 0 amide bonds. The number of fused-ring (bicyclic) bond motifs is 1. The Morgan fingerprint density at radius 3 is 2.42 bits per heavy atom. The number of hydrogen-bond donors (Lipinski definition) is 1. The summed E-state index contributed by atoms with van der Waals surface area (Å²) in [5.74, 6) is 1.70. The average Bonchev–Trinajstić information content (AvgIpc) is 2.83. The van der Waals surface area contributed by atoms with E-state index in [2.05, 4.69) is 56.8 Å². The molecule has 0 aliphatic carbocycles. The van der Waals surface area contributed by atoms with Crippen LogP contribution in [0.3, 0.4) is 0 Å². The molecule has 7 nitrogen and oxygen atoms in total. The van der Waals surface area contributed by atoms with E-state index < -0.39 is 0 Å². The summed E-state index contributed by atoms with van der Waals surface area (Å²) in [5, 5.41) is 1.01. The fourth-order valence-corrected chi connectivity index (χ4v) is 4.35. The van der Waals surface area contributed by atoms with Crippen LogP contribution in [0.5, 0.6) is 11.6 Å². The summed E-state index contributed by atoms with van der Waals surface area (Å²) in [7, 11) is 0. The van der Waals surface area contributed by atoms with Crippen molar-refractivity contribution >= 4 is 28.1 Å². The zero-order valence-electron chi connectivity index (χ0n) is 19.2. The molecule has 0 saturated carbocycles. The highest BCUT2D eigenvalue weighted by molar-refractivity contribution is 5.85. The zero-order valence-corrected chi connectivity index (χ0v) is 19.2. The van der Waals surface area contributed by atoms with Crippen molar-refractivity contribution in [3.8, 4) is 11.6 Å². The van der Waals surface area contributed by atoms with Crippen molar-refractivity contribution in [2.45, 2.75) is 20.8 Å². The number of anilines is 3. The number of hydrogen-bond acceptors (Lipinski definition) is 7. The van der Waals surface area contributed by atoms with Gasteiger partial charge in [-0.3, -0.25) is 0 Å². The SMILES string of the molecule is Cc1ccc2cccc(Oc3ncnc(N4CCN(c5cccc(C)c5C)CC4)c3N)c2n1. The Morgan fingerprint density at radius 2 is 1.61 bits per heavy atom. The molecule has 2 N–H and O–H groups in total. The lowest BCUT2D eigenvalue weighted by atomic mass is 10.1. The summed E-state index contributed by atoms with van der Waals surface area (Å²) in [6.07, 6.45) is 1.52. The van der Waals surface area contributed by atoms with Gasteiger partial charge in [-0.25, -0.2) is 9.97 Å². The van der Waals surface area contributed by atoms with Gasteiger partial charge in [0.1, 0.15) is 17.5 Å². The van der Waals surface area contributed by atoms with Crippen LogP contribution in [0, 0.1) is 20.8 Å². The maximum Gasteiger partial charge on any atom is 0.248 e. The van der Waals surface area contributed by atoms with E-state index in [-0.39, 0.29) is 0 Å². The van der Waals surface area contributed by atoms with Gasteiger partial charge in [-0.15, -0.1) is 0 Å². The molecule has 1 saturated heterocycles. The van der Waals surface area contributed by atoms with Gasteiger partial charge in [0, 0.05) is 42.9 Å². The number of rotatable bonds is 4. The smallest absolute Gasteiger partial charge is 0.248 e. The summed E-state index contributed by atoms with van der Waals surface area (Å²) < 4.78 is 6.15. The molecular weight excluding hydrogens is 412 g/mol. The Kier molecular flexibility index (Phi) is 5.46. The quantitative estimate of drug-likeness (QED) is 0.495. The predicted octanol–water partition coefficient (Wildman–Crippen LogP) is 4.65. The first kappa shape index (κ1) is 21.0. The van der Waals surface area contributed by atoms with Crippen molar-refractivity contribution in [2.75, 3.05) is 41.7 Å². The Morgan fingerprint density at radius 1 is 0.848 bits per heavy atom. The fourth-order valence-electron chi connectivity index (χ4n) is 4.35. The minimum atomic E-state index is 0.354. The van der Waals surface area contributed by atoms with E-state index in [0.717, 1.165) is 42.8 Å². The molecule has 4 aromatic rings. The lowest BCUT2D eigenvalue weighted by Gasteiger charge is -2.38. The Labute approximate surface area is 193 Å². The molecule has 5 rings (SSSR count). The minimum Gasteiger partial charge on any atom is -0.435 e. The maximum atomic E-state index is 6.50. The van der Waals surface area contributed by atoms with Gasteiger partial charge in [0.2, 0.25) is 5.88 Å². The van der Waals surface area contributed by atoms with Crippen LogP contribution in [-0.2, 0) is 0 Å². The Bertz CT molecular complexity index is 1310. The molecule has 0 spiro atoms. The number of ether oxygens (including phenoxy) is 1. The summed E-state index contributed by atoms with van der Waals surface area (Å²) in [6.45, 7) is 9.75. The molecule has 0 radical (unpaired) electrons. The predicted molar refractivity (Wildman–Crippen MR) is 133 cm³/mol. The topological polar surface area (TPSA) is 80.4 Å². The van der Waals surface area contributed by atoms with Gasteiger partial charge in [0.15, 0.2) is 11.6 Å². The van der Waals surface area contributed by atoms with Crippen LogP contribution in [0.25, 0.3) is 10.9 Å². The van der Waals surface area contributed by atoms with Gasteiger partial charge < -0.3 is 20.3 Å². The molecule has 1 aliphatic heterocycles. The van der Waals surface area contributed by atoms with Crippen LogP contribution >= 0.6 is 0 Å². The summed E-state index contributed by atoms with van der Waals surface area (Å²) in [5.41, 5.74) is 12.6. The number of nitrogens with two attached hydrogens (primary N) is 1. The molecule has 0 unspecified atom stereocenters. The maximum absolute atomic E-state index is 6.50. The molecule has 168 valence electrons. The number of pyridine rings is 1. The third kappa shape index (κ3) is 4.02. The van der Waals surface area contributed by atoms with E-state index >= 15 is 0 Å². The molecular formula is C26H28N6O. The van der Waals surface area contributed by atoms with Gasteiger partial charge in [0.05, 0.1) is 0 Å². The zero-order chi connectivity index (χ0) is 22.9. The molecule has 1 aliphatic rings. The number of benzene rings is 2. The van der Waals surface area contributed by atoms with E-state index in [0.29, 0.717) is 23.1 Å². The second kappa shape index (κ2) is 8.58. The number of para-hydroxylation sites is 1. The lowest BCUT2D eigenvalue weighted by molar-refractivity contribution is 0.468. The van der Waals surface area contributed by atoms with Gasteiger partial charge in [-0.2, -0.15) is 4.98 Å². The van der Waals surface area contributed by atoms with Crippen molar-refractivity contribution in [1.82, 2.24) is 15.0 Å². The molecule has 33 heavy (non-hydrogen) atoms. The molecule has 2 aromatic heterocycles. The third-order valence-corrected chi connectivity index (χ3v) is 6.35. The Hall–Kier alpha value is -3.87. The second-order valence-corrected chi connectivity index (χ2v) is 8.49. The van der Waals surface area contributed by atoms with Crippen molar-refractivity contribution in [2.24, 2.45) is 0 Å². The fraction of sp³-hybridized carbons (Fsp3) is 0.269. The van der Waals surface area contributed by atoms with Gasteiger partial charge in [-0.05, 0) is 50.1 Å². The average molecular weight is 441 g/mol. The third-order valence-electron chi connectivity index (χ3n) is 6.35. The van der Waals surface area contributed by atoms with E-state index in [1.807, 2.05) is 37.3 Å². The first-order valence-corrected chi connectivity index (χ1v) is 11.2. The van der Waals surface area contributed by atoms with E-state index in [4.69, 9.17) is 10.5 Å². The van der Waals surface area contributed by atoms with Gasteiger partial charge in [-0.1, -0.05) is 30.3 Å². The molecule has 2 aromatic carbocycles. The highest BCUT2D eigenvalue weighted by atomic mass is 16.5. The number of aromatic nitrogens is 3. The lowest BCUT2D eigenvalue weighted by Crippen LogP contribution is -2.47. The Balaban J connectivity index is 1.37. The summed E-state index contributed by atoms with van der Waals surface area (Å²) >= 11 is 0. The van der Waals surface area contributed by atoms with Crippen molar-refractivity contribution in [3.63, 3.8) is 0 Å². The normalized spacial score (nSPS) is 14.0. The van der Waals surface area contributed by atoms with Crippen LogP contribution in [0.4, 0.5) is 17.2 Å². The molecule has 0 bridgehead atoms. The first-order valence-electron chi connectivity index (χ1n) is 11.2. The highest BCUT2D eigenvalue weighted by Crippen LogP contribution is 2.35. The van der Waals surface area contributed by atoms with Gasteiger partial charge in [0.25, 0.3) is 0 Å². The molecule has 1 fully saturated rings. The van der Waals surface area contributed by atoms with Crippen LogP contribution in [0.1, 0.15) is 16.8 Å². The molecule has 0 atom stereocenters. The number of nitrogens with zero attached hydrogens (tertiary/aromatic N) is 5. The van der Waals surface area contributed by atoms with Crippen molar-refractivity contribution < 1.29 is 4.74 Å². The van der Waals surface area contributed by atoms with E-state index in [1.165, 1.54) is 23.1 Å². The number of piperazine rings is 1. The van der Waals surface area contributed by atoms with E-state index in [9.17, 15) is 0 Å². The molecule has 7 heteroatoms. The molecule has 3 heterocycles. The largest absolute Gasteiger partial charge is 0.435 e. The van der Waals surface area contributed by atoms with Crippen molar-refractivity contribution in [1.29, 1.82) is 0 Å². The monoisotopic (exact) mass is 440 g/mol. The van der Waals surface area contributed by atoms with Gasteiger partial charge >= 0.3 is 0 Å². The second-order valence-electron chi connectivity index (χ2n) is 8.49. The van der Waals surface area contributed by atoms with E-state index in [1.54, 1.807) is 0 Å². The van der Waals surface area contributed by atoms with Crippen molar-refractivity contribution in [3.05, 3.63) is 71.7 Å². The first-order chi connectivity index (χ1) is 16.0. The van der Waals surface area contributed by atoms with Crippen LogP contribution in [0.15, 0.2) is 54.9 Å². The highest BCUT2D eigenvalue weighted by Gasteiger charge is 2.23.